The van der Waals surface area contributed by atoms with Gasteiger partial charge >= 0.3 is 0 Å². The van der Waals surface area contributed by atoms with Gasteiger partial charge in [0.2, 0.25) is 5.82 Å². The van der Waals surface area contributed by atoms with E-state index in [9.17, 15) is 0 Å². The Morgan fingerprint density at radius 3 is 2.65 bits per heavy atom. The number of rotatable bonds is 6. The molecule has 7 nitrogen and oxygen atoms in total. The van der Waals surface area contributed by atoms with E-state index in [0.29, 0.717) is 17.8 Å². The third kappa shape index (κ3) is 4.48. The first-order valence-corrected chi connectivity index (χ1v) is 11.3. The smallest absolute Gasteiger partial charge is 0.262 e. The summed E-state index contributed by atoms with van der Waals surface area (Å²) < 4.78 is 12.0. The zero-order chi connectivity index (χ0) is 21.0. The van der Waals surface area contributed by atoms with Crippen LogP contribution in [0.2, 0.25) is 0 Å². The lowest BCUT2D eigenvalue weighted by molar-refractivity contribution is 0.117. The molecule has 0 saturated carbocycles. The van der Waals surface area contributed by atoms with E-state index in [0.717, 1.165) is 42.9 Å². The second kappa shape index (κ2) is 9.16. The number of aromatic nitrogens is 3. The molecule has 5 rings (SSSR count). The van der Waals surface area contributed by atoms with E-state index in [4.69, 9.17) is 9.26 Å². The first-order valence-electron chi connectivity index (χ1n) is 11.3. The minimum absolute atomic E-state index is 0.188. The van der Waals surface area contributed by atoms with Crippen LogP contribution in [0.25, 0.3) is 22.8 Å². The van der Waals surface area contributed by atoms with Crippen LogP contribution in [0.3, 0.4) is 0 Å². The van der Waals surface area contributed by atoms with Crippen LogP contribution in [0.15, 0.2) is 53.3 Å². The van der Waals surface area contributed by atoms with Gasteiger partial charge in [-0.25, -0.2) is 0 Å². The fourth-order valence-corrected chi connectivity index (χ4v) is 4.66. The zero-order valence-electron chi connectivity index (χ0n) is 18.0. The normalized spacial score (nSPS) is 20.9. The summed E-state index contributed by atoms with van der Waals surface area (Å²) in [6.07, 6.45) is 7.20. The topological polar surface area (TPSA) is 67.5 Å². The van der Waals surface area contributed by atoms with Crippen molar-refractivity contribution in [3.63, 3.8) is 0 Å². The highest BCUT2D eigenvalue weighted by Crippen LogP contribution is 2.32. The number of ether oxygens (including phenoxy) is 1. The minimum atomic E-state index is 0.188. The molecule has 1 atom stereocenters. The second-order valence-corrected chi connectivity index (χ2v) is 8.34. The molecule has 2 aromatic heterocycles. The predicted octanol–water partition coefficient (Wildman–Crippen LogP) is 3.74. The second-order valence-electron chi connectivity index (χ2n) is 8.34. The third-order valence-corrected chi connectivity index (χ3v) is 6.47. The number of hydrogen-bond donors (Lipinski definition) is 0. The van der Waals surface area contributed by atoms with Crippen LogP contribution >= 0.6 is 0 Å². The highest BCUT2D eigenvalue weighted by molar-refractivity contribution is 5.65. The molecular formula is C24H29N5O2. The molecule has 0 N–H and O–H groups in total. The summed E-state index contributed by atoms with van der Waals surface area (Å²) in [6.45, 7) is 7.92. The Labute approximate surface area is 183 Å². The van der Waals surface area contributed by atoms with Crippen LogP contribution in [0.1, 0.15) is 26.2 Å². The van der Waals surface area contributed by atoms with E-state index in [-0.39, 0.29) is 6.10 Å². The number of pyridine rings is 1. The molecule has 1 aromatic carbocycles. The summed E-state index contributed by atoms with van der Waals surface area (Å²) in [4.78, 5) is 13.8. The van der Waals surface area contributed by atoms with Crippen LogP contribution in [0.5, 0.6) is 5.75 Å². The van der Waals surface area contributed by atoms with Crippen LogP contribution in [0.4, 0.5) is 0 Å². The maximum atomic E-state index is 6.45. The Kier molecular flexibility index (Phi) is 5.95. The standard InChI is InChI=1S/C24H29N5O2/c1-2-28-14-9-19(10-15-28)29-16-11-20(17-29)30-22-6-4-3-5-21(22)24-26-23(27-31-24)18-7-12-25-13-8-18/h3-8,12-13,19-20H,2,9-11,14-17H2,1H3. The summed E-state index contributed by atoms with van der Waals surface area (Å²) in [6, 6.07) is 12.4. The van der Waals surface area contributed by atoms with Gasteiger partial charge in [0.15, 0.2) is 0 Å². The summed E-state index contributed by atoms with van der Waals surface area (Å²) >= 11 is 0. The molecule has 0 bridgehead atoms. The SMILES string of the molecule is CCN1CCC(N2CCC(Oc3ccccc3-c3nc(-c4ccncc4)no3)C2)CC1. The molecule has 0 radical (unpaired) electrons. The fraction of sp³-hybridized carbons (Fsp3) is 0.458. The van der Waals surface area contributed by atoms with E-state index >= 15 is 0 Å². The molecule has 0 aliphatic carbocycles. The maximum absolute atomic E-state index is 6.45. The lowest BCUT2D eigenvalue weighted by atomic mass is 10.0. The Morgan fingerprint density at radius 2 is 1.84 bits per heavy atom. The summed E-state index contributed by atoms with van der Waals surface area (Å²) in [7, 11) is 0. The number of hydrogen-bond acceptors (Lipinski definition) is 7. The van der Waals surface area contributed by atoms with E-state index in [1.54, 1.807) is 12.4 Å². The Balaban J connectivity index is 1.26. The van der Waals surface area contributed by atoms with Gasteiger partial charge in [-0.3, -0.25) is 9.88 Å². The lowest BCUT2D eigenvalue weighted by Crippen LogP contribution is -2.44. The van der Waals surface area contributed by atoms with Crippen molar-refractivity contribution in [1.82, 2.24) is 24.9 Å². The number of piperidine rings is 1. The van der Waals surface area contributed by atoms with Crippen LogP contribution in [-0.4, -0.2) is 69.8 Å². The summed E-state index contributed by atoms with van der Waals surface area (Å²) in [5, 5.41) is 4.14. The number of para-hydroxylation sites is 1. The van der Waals surface area contributed by atoms with Crippen molar-refractivity contribution >= 4 is 0 Å². The van der Waals surface area contributed by atoms with Gasteiger partial charge in [-0.1, -0.05) is 24.2 Å². The van der Waals surface area contributed by atoms with Gasteiger partial charge in [0.25, 0.3) is 5.89 Å². The van der Waals surface area contributed by atoms with Crippen molar-refractivity contribution < 1.29 is 9.26 Å². The third-order valence-electron chi connectivity index (χ3n) is 6.47. The molecule has 31 heavy (non-hydrogen) atoms. The van der Waals surface area contributed by atoms with Crippen molar-refractivity contribution in [3.05, 3.63) is 48.8 Å². The van der Waals surface area contributed by atoms with Gasteiger partial charge in [0.1, 0.15) is 11.9 Å². The van der Waals surface area contributed by atoms with Gasteiger partial charge in [-0.15, -0.1) is 0 Å². The van der Waals surface area contributed by atoms with Gasteiger partial charge < -0.3 is 14.2 Å². The van der Waals surface area contributed by atoms with Gasteiger partial charge in [-0.2, -0.15) is 4.98 Å². The van der Waals surface area contributed by atoms with Gasteiger partial charge in [-0.05, 0) is 63.2 Å². The summed E-state index contributed by atoms with van der Waals surface area (Å²) in [5.74, 6) is 1.84. The van der Waals surface area contributed by atoms with Crippen LogP contribution in [0, 0.1) is 0 Å². The van der Waals surface area contributed by atoms with Crippen molar-refractivity contribution in [2.75, 3.05) is 32.7 Å². The highest BCUT2D eigenvalue weighted by atomic mass is 16.5. The number of likely N-dealkylation sites (tertiary alicyclic amines) is 2. The van der Waals surface area contributed by atoms with Gasteiger partial charge in [0, 0.05) is 37.1 Å². The molecule has 1 unspecified atom stereocenters. The molecule has 3 aromatic rings. The van der Waals surface area contributed by atoms with Crippen molar-refractivity contribution in [2.24, 2.45) is 0 Å². The van der Waals surface area contributed by atoms with E-state index in [2.05, 4.69) is 31.8 Å². The molecule has 0 spiro atoms. The first kappa shape index (κ1) is 20.2. The molecule has 0 amide bonds. The lowest BCUT2D eigenvalue weighted by Gasteiger charge is -2.36. The zero-order valence-corrected chi connectivity index (χ0v) is 18.0. The maximum Gasteiger partial charge on any atom is 0.262 e. The van der Waals surface area contributed by atoms with Crippen molar-refractivity contribution in [1.29, 1.82) is 0 Å². The average Bonchev–Trinajstić information content (AvgIpc) is 3.50. The van der Waals surface area contributed by atoms with Gasteiger partial charge in [0.05, 0.1) is 5.56 Å². The predicted molar refractivity (Wildman–Crippen MR) is 119 cm³/mol. The first-order chi connectivity index (χ1) is 15.3. The number of benzene rings is 1. The quantitative estimate of drug-likeness (QED) is 0.603. The Morgan fingerprint density at radius 1 is 1.03 bits per heavy atom. The molecule has 2 aliphatic heterocycles. The number of nitrogens with zero attached hydrogens (tertiary/aromatic N) is 5. The molecule has 4 heterocycles. The summed E-state index contributed by atoms with van der Waals surface area (Å²) in [5.41, 5.74) is 1.72. The van der Waals surface area contributed by atoms with Crippen molar-refractivity contribution in [3.8, 4) is 28.6 Å². The van der Waals surface area contributed by atoms with E-state index < -0.39 is 0 Å². The minimum Gasteiger partial charge on any atom is -0.488 e. The molecule has 7 heteroatoms. The van der Waals surface area contributed by atoms with E-state index in [1.165, 1.54) is 25.9 Å². The highest BCUT2D eigenvalue weighted by Gasteiger charge is 2.32. The van der Waals surface area contributed by atoms with Crippen LogP contribution < -0.4 is 4.74 Å². The molecule has 2 fully saturated rings. The van der Waals surface area contributed by atoms with Crippen molar-refractivity contribution in [2.45, 2.75) is 38.3 Å². The Hall–Kier alpha value is -2.77. The molecule has 2 saturated heterocycles. The molecule has 2 aliphatic rings. The largest absolute Gasteiger partial charge is 0.488 e. The fourth-order valence-electron chi connectivity index (χ4n) is 4.66. The average molecular weight is 420 g/mol. The van der Waals surface area contributed by atoms with Crippen LogP contribution in [-0.2, 0) is 0 Å². The molecule has 162 valence electrons. The Bertz CT molecular complexity index is 984. The van der Waals surface area contributed by atoms with E-state index in [1.807, 2.05) is 36.4 Å². The molecular weight excluding hydrogens is 390 g/mol. The monoisotopic (exact) mass is 419 g/mol.